The highest BCUT2D eigenvalue weighted by Gasteiger charge is 2.29. The number of carbonyl (C=O) groups is 1. The topological polar surface area (TPSA) is 76.2 Å². The van der Waals surface area contributed by atoms with E-state index >= 15 is 0 Å². The molecule has 2 aliphatic rings. The molecular formula is C15H20N2O5S. The molecule has 7 nitrogen and oxygen atoms in total. The second kappa shape index (κ2) is 6.01. The number of amides is 1. The van der Waals surface area contributed by atoms with Gasteiger partial charge in [-0.25, -0.2) is 12.7 Å². The molecule has 23 heavy (non-hydrogen) atoms. The molecule has 0 aliphatic carbocycles. The van der Waals surface area contributed by atoms with Crippen LogP contribution in [0.15, 0.2) is 18.2 Å². The zero-order valence-electron chi connectivity index (χ0n) is 13.2. The van der Waals surface area contributed by atoms with E-state index in [0.717, 1.165) is 0 Å². The maximum atomic E-state index is 12.6. The second-order valence-electron chi connectivity index (χ2n) is 5.87. The maximum absolute atomic E-state index is 12.6. The first-order valence-corrected chi connectivity index (χ1v) is 9.33. The van der Waals surface area contributed by atoms with Gasteiger partial charge in [-0.1, -0.05) is 0 Å². The smallest absolute Gasteiger partial charge is 0.253 e. The molecule has 8 heteroatoms. The number of ether oxygens (including phenoxy) is 2. The van der Waals surface area contributed by atoms with Crippen LogP contribution in [0.5, 0.6) is 11.5 Å². The second-order valence-corrected chi connectivity index (χ2v) is 7.91. The Hall–Kier alpha value is -1.80. The van der Waals surface area contributed by atoms with Crippen molar-refractivity contribution in [2.24, 2.45) is 0 Å². The van der Waals surface area contributed by atoms with Crippen LogP contribution in [0.2, 0.25) is 0 Å². The Morgan fingerprint density at radius 2 is 1.87 bits per heavy atom. The van der Waals surface area contributed by atoms with Gasteiger partial charge >= 0.3 is 0 Å². The molecule has 0 bridgehead atoms. The Kier molecular flexibility index (Phi) is 4.20. The van der Waals surface area contributed by atoms with Crippen LogP contribution in [0.1, 0.15) is 23.2 Å². The van der Waals surface area contributed by atoms with E-state index in [4.69, 9.17) is 9.47 Å². The zero-order chi connectivity index (χ0) is 16.6. The summed E-state index contributed by atoms with van der Waals surface area (Å²) in [6.45, 7) is 1.26. The fraction of sp³-hybridized carbons (Fsp3) is 0.533. The molecule has 0 N–H and O–H groups in total. The summed E-state index contributed by atoms with van der Waals surface area (Å²) in [7, 11) is -1.61. The molecule has 0 saturated carbocycles. The standard InChI is InChI=1S/C15H20N2O5S/c1-16(23(2,19)20)12-5-7-17(8-6-12)15(18)11-3-4-13-14(9-11)22-10-21-13/h3-4,9,12H,5-8,10H2,1-2H3. The number of piperidine rings is 1. The molecule has 0 atom stereocenters. The molecule has 1 aromatic carbocycles. The summed E-state index contributed by atoms with van der Waals surface area (Å²) in [5, 5.41) is 0. The number of likely N-dealkylation sites (tertiary alicyclic amines) is 1. The predicted molar refractivity (Wildman–Crippen MR) is 84.1 cm³/mol. The van der Waals surface area contributed by atoms with E-state index in [1.54, 1.807) is 30.1 Å². The lowest BCUT2D eigenvalue weighted by molar-refractivity contribution is 0.0686. The average molecular weight is 340 g/mol. The van der Waals surface area contributed by atoms with Crippen molar-refractivity contribution in [3.05, 3.63) is 23.8 Å². The number of fused-ring (bicyclic) bond motifs is 1. The van der Waals surface area contributed by atoms with Crippen LogP contribution in [-0.2, 0) is 10.0 Å². The third-order valence-electron chi connectivity index (χ3n) is 4.41. The van der Waals surface area contributed by atoms with E-state index in [1.807, 2.05) is 0 Å². The van der Waals surface area contributed by atoms with Gasteiger partial charge in [0.1, 0.15) is 0 Å². The van der Waals surface area contributed by atoms with Crippen LogP contribution in [0.3, 0.4) is 0 Å². The van der Waals surface area contributed by atoms with E-state index < -0.39 is 10.0 Å². The molecule has 0 aromatic heterocycles. The molecule has 1 amide bonds. The van der Waals surface area contributed by atoms with E-state index in [-0.39, 0.29) is 18.7 Å². The van der Waals surface area contributed by atoms with Gasteiger partial charge in [-0.15, -0.1) is 0 Å². The van der Waals surface area contributed by atoms with Gasteiger partial charge in [0.25, 0.3) is 5.91 Å². The van der Waals surface area contributed by atoms with E-state index in [1.165, 1.54) is 10.6 Å². The van der Waals surface area contributed by atoms with E-state index in [2.05, 4.69) is 0 Å². The number of sulfonamides is 1. The van der Waals surface area contributed by atoms with Gasteiger partial charge in [0.15, 0.2) is 11.5 Å². The largest absolute Gasteiger partial charge is 0.454 e. The van der Waals surface area contributed by atoms with Crippen molar-refractivity contribution in [3.8, 4) is 11.5 Å². The third kappa shape index (κ3) is 3.28. The minimum absolute atomic E-state index is 0.0502. The Morgan fingerprint density at radius 3 is 2.52 bits per heavy atom. The van der Waals surface area contributed by atoms with Gasteiger partial charge in [0.2, 0.25) is 16.8 Å². The number of rotatable bonds is 3. The van der Waals surface area contributed by atoms with E-state index in [0.29, 0.717) is 43.0 Å². The average Bonchev–Trinajstić information content (AvgIpc) is 3.00. The van der Waals surface area contributed by atoms with Crippen molar-refractivity contribution >= 4 is 15.9 Å². The molecule has 1 saturated heterocycles. The van der Waals surface area contributed by atoms with Crippen LogP contribution in [-0.4, -0.2) is 62.8 Å². The molecule has 0 unspecified atom stereocenters. The lowest BCUT2D eigenvalue weighted by Crippen LogP contribution is -2.47. The van der Waals surface area contributed by atoms with Crippen molar-refractivity contribution in [1.29, 1.82) is 0 Å². The lowest BCUT2D eigenvalue weighted by Gasteiger charge is -2.35. The molecule has 2 aliphatic heterocycles. The van der Waals surface area contributed by atoms with Crippen LogP contribution in [0.25, 0.3) is 0 Å². The van der Waals surface area contributed by atoms with Gasteiger partial charge < -0.3 is 14.4 Å². The van der Waals surface area contributed by atoms with Gasteiger partial charge in [0, 0.05) is 31.7 Å². The summed E-state index contributed by atoms with van der Waals surface area (Å²) in [5.41, 5.74) is 0.559. The first kappa shape index (κ1) is 16.1. The minimum atomic E-state index is -3.20. The summed E-state index contributed by atoms with van der Waals surface area (Å²) in [5.74, 6) is 1.17. The Morgan fingerprint density at radius 1 is 1.22 bits per heavy atom. The molecule has 3 rings (SSSR count). The van der Waals surface area contributed by atoms with Crippen molar-refractivity contribution in [3.63, 3.8) is 0 Å². The first-order valence-electron chi connectivity index (χ1n) is 7.48. The van der Waals surface area contributed by atoms with Gasteiger partial charge in [-0.3, -0.25) is 4.79 Å². The van der Waals surface area contributed by atoms with Crippen molar-refractivity contribution in [2.45, 2.75) is 18.9 Å². The fourth-order valence-electron chi connectivity index (χ4n) is 2.92. The number of nitrogens with zero attached hydrogens (tertiary/aromatic N) is 2. The number of carbonyl (C=O) groups excluding carboxylic acids is 1. The SMILES string of the molecule is CN(C1CCN(C(=O)c2ccc3c(c2)OCO3)CC1)S(C)(=O)=O. The zero-order valence-corrected chi connectivity index (χ0v) is 14.0. The van der Waals surface area contributed by atoms with Gasteiger partial charge in [-0.2, -0.15) is 0 Å². The van der Waals surface area contributed by atoms with Crippen LogP contribution in [0, 0.1) is 0 Å². The summed E-state index contributed by atoms with van der Waals surface area (Å²) in [4.78, 5) is 14.3. The fourth-order valence-corrected chi connectivity index (χ4v) is 3.67. The minimum Gasteiger partial charge on any atom is -0.454 e. The van der Waals surface area contributed by atoms with Crippen LogP contribution >= 0.6 is 0 Å². The normalized spacial score (nSPS) is 18.5. The maximum Gasteiger partial charge on any atom is 0.253 e. The van der Waals surface area contributed by atoms with Crippen molar-refractivity contribution < 1.29 is 22.7 Å². The quantitative estimate of drug-likeness (QED) is 0.817. The summed E-state index contributed by atoms with van der Waals surface area (Å²) >= 11 is 0. The highest BCUT2D eigenvalue weighted by atomic mass is 32.2. The Bertz CT molecular complexity index is 711. The van der Waals surface area contributed by atoms with Crippen LogP contribution < -0.4 is 9.47 Å². The Labute approximate surface area is 135 Å². The van der Waals surface area contributed by atoms with E-state index in [9.17, 15) is 13.2 Å². The monoisotopic (exact) mass is 340 g/mol. The molecule has 1 aromatic rings. The summed E-state index contributed by atoms with van der Waals surface area (Å²) in [6, 6.07) is 5.11. The number of benzene rings is 1. The summed E-state index contributed by atoms with van der Waals surface area (Å²) in [6.07, 6.45) is 2.48. The molecule has 0 spiro atoms. The Balaban J connectivity index is 1.65. The molecule has 2 heterocycles. The summed E-state index contributed by atoms with van der Waals surface area (Å²) < 4.78 is 35.1. The number of hydrogen-bond acceptors (Lipinski definition) is 5. The van der Waals surface area contributed by atoms with Crippen molar-refractivity contribution in [2.75, 3.05) is 33.2 Å². The van der Waals surface area contributed by atoms with Gasteiger partial charge in [-0.05, 0) is 31.0 Å². The van der Waals surface area contributed by atoms with Gasteiger partial charge in [0.05, 0.1) is 6.26 Å². The van der Waals surface area contributed by atoms with Crippen LogP contribution in [0.4, 0.5) is 0 Å². The lowest BCUT2D eigenvalue weighted by atomic mass is 10.0. The highest BCUT2D eigenvalue weighted by Crippen LogP contribution is 2.33. The van der Waals surface area contributed by atoms with Crippen molar-refractivity contribution in [1.82, 2.24) is 9.21 Å². The molecular weight excluding hydrogens is 320 g/mol. The number of hydrogen-bond donors (Lipinski definition) is 0. The molecule has 0 radical (unpaired) electrons. The molecule has 126 valence electrons. The highest BCUT2D eigenvalue weighted by molar-refractivity contribution is 7.88. The third-order valence-corrected chi connectivity index (χ3v) is 5.75. The first-order chi connectivity index (χ1) is 10.9. The molecule has 1 fully saturated rings. The predicted octanol–water partition coefficient (Wildman–Crippen LogP) is 0.911.